The van der Waals surface area contributed by atoms with Crippen molar-refractivity contribution in [3.63, 3.8) is 0 Å². The van der Waals surface area contributed by atoms with Gasteiger partial charge in [-0.15, -0.1) is 0 Å². The molecule has 2 aromatic rings. The third-order valence-electron chi connectivity index (χ3n) is 2.61. The summed E-state index contributed by atoms with van der Waals surface area (Å²) in [7, 11) is 0. The predicted molar refractivity (Wildman–Crippen MR) is 70.1 cm³/mol. The quantitative estimate of drug-likeness (QED) is 0.903. The van der Waals surface area contributed by atoms with E-state index in [-0.39, 0.29) is 11.4 Å². The van der Waals surface area contributed by atoms with E-state index in [1.54, 1.807) is 29.2 Å². The van der Waals surface area contributed by atoms with E-state index in [0.29, 0.717) is 12.2 Å². The zero-order valence-electron chi connectivity index (χ0n) is 10.9. The number of hydrogen-bond donors (Lipinski definition) is 1. The molecule has 0 radical (unpaired) electrons. The van der Waals surface area contributed by atoms with E-state index in [2.05, 4.69) is 31.2 Å². The standard InChI is InChI=1S/C14H18FN3/c1-14(2,3)16-10-11-6-4-7-12(15)13(11)18-9-5-8-17-18/h4-9,16H,10H2,1-3H3. The van der Waals surface area contributed by atoms with Crippen molar-refractivity contribution < 1.29 is 4.39 Å². The first-order valence-corrected chi connectivity index (χ1v) is 6.00. The molecule has 0 saturated carbocycles. The molecule has 1 N–H and O–H groups in total. The Hall–Kier alpha value is -1.68. The van der Waals surface area contributed by atoms with Gasteiger partial charge in [0.1, 0.15) is 11.5 Å². The Morgan fingerprint density at radius 1 is 1.28 bits per heavy atom. The largest absolute Gasteiger partial charge is 0.308 e. The summed E-state index contributed by atoms with van der Waals surface area (Å²) < 4.78 is 15.5. The summed E-state index contributed by atoms with van der Waals surface area (Å²) in [6.45, 7) is 6.86. The monoisotopic (exact) mass is 247 g/mol. The van der Waals surface area contributed by atoms with Gasteiger partial charge in [-0.1, -0.05) is 12.1 Å². The van der Waals surface area contributed by atoms with Crippen molar-refractivity contribution in [2.75, 3.05) is 0 Å². The highest BCUT2D eigenvalue weighted by molar-refractivity contribution is 5.41. The van der Waals surface area contributed by atoms with Crippen LogP contribution in [-0.4, -0.2) is 15.3 Å². The first-order valence-electron chi connectivity index (χ1n) is 6.00. The SMILES string of the molecule is CC(C)(C)NCc1cccc(F)c1-n1cccn1. The van der Waals surface area contributed by atoms with E-state index in [0.717, 1.165) is 5.56 Å². The second-order valence-electron chi connectivity index (χ2n) is 5.30. The molecule has 2 rings (SSSR count). The molecule has 0 unspecified atom stereocenters. The highest BCUT2D eigenvalue weighted by Gasteiger charge is 2.14. The summed E-state index contributed by atoms with van der Waals surface area (Å²) in [6, 6.07) is 6.88. The van der Waals surface area contributed by atoms with Crippen molar-refractivity contribution >= 4 is 0 Å². The van der Waals surface area contributed by atoms with Crippen molar-refractivity contribution in [2.45, 2.75) is 32.9 Å². The molecule has 0 bridgehead atoms. The molecule has 96 valence electrons. The topological polar surface area (TPSA) is 29.9 Å². The molecule has 0 amide bonds. The second-order valence-corrected chi connectivity index (χ2v) is 5.30. The van der Waals surface area contributed by atoms with Gasteiger partial charge in [0.05, 0.1) is 0 Å². The molecule has 0 aliphatic carbocycles. The van der Waals surface area contributed by atoms with Crippen molar-refractivity contribution in [2.24, 2.45) is 0 Å². The van der Waals surface area contributed by atoms with Crippen LogP contribution in [0.15, 0.2) is 36.7 Å². The van der Waals surface area contributed by atoms with E-state index in [9.17, 15) is 4.39 Å². The lowest BCUT2D eigenvalue weighted by Crippen LogP contribution is -2.35. The fraction of sp³-hybridized carbons (Fsp3) is 0.357. The Morgan fingerprint density at radius 3 is 2.67 bits per heavy atom. The Kier molecular flexibility index (Phi) is 3.48. The summed E-state index contributed by atoms with van der Waals surface area (Å²) >= 11 is 0. The van der Waals surface area contributed by atoms with E-state index >= 15 is 0 Å². The minimum Gasteiger partial charge on any atom is -0.308 e. The third-order valence-corrected chi connectivity index (χ3v) is 2.61. The minimum absolute atomic E-state index is 0.00625. The number of nitrogens with zero attached hydrogens (tertiary/aromatic N) is 2. The zero-order valence-corrected chi connectivity index (χ0v) is 10.9. The summed E-state index contributed by atoms with van der Waals surface area (Å²) in [4.78, 5) is 0. The van der Waals surface area contributed by atoms with E-state index < -0.39 is 0 Å². The van der Waals surface area contributed by atoms with Crippen LogP contribution in [0.3, 0.4) is 0 Å². The predicted octanol–water partition coefficient (Wildman–Crippen LogP) is 2.90. The first-order chi connectivity index (χ1) is 8.47. The number of hydrogen-bond acceptors (Lipinski definition) is 2. The van der Waals surface area contributed by atoms with E-state index in [1.165, 1.54) is 6.07 Å². The van der Waals surface area contributed by atoms with Gasteiger partial charge in [-0.2, -0.15) is 5.10 Å². The highest BCUT2D eigenvalue weighted by Crippen LogP contribution is 2.18. The van der Waals surface area contributed by atoms with Gasteiger partial charge < -0.3 is 5.32 Å². The van der Waals surface area contributed by atoms with Gasteiger partial charge in [0.15, 0.2) is 0 Å². The van der Waals surface area contributed by atoms with Crippen LogP contribution in [0.4, 0.5) is 4.39 Å². The van der Waals surface area contributed by atoms with Crippen molar-refractivity contribution in [1.29, 1.82) is 0 Å². The molecule has 4 heteroatoms. The molecular formula is C14H18FN3. The minimum atomic E-state index is -0.257. The van der Waals surface area contributed by atoms with Crippen LogP contribution in [0, 0.1) is 5.82 Å². The Bertz CT molecular complexity index is 512. The lowest BCUT2D eigenvalue weighted by Gasteiger charge is -2.21. The van der Waals surface area contributed by atoms with Crippen LogP contribution in [0.2, 0.25) is 0 Å². The van der Waals surface area contributed by atoms with Crippen LogP contribution in [0.25, 0.3) is 5.69 Å². The highest BCUT2D eigenvalue weighted by atomic mass is 19.1. The fourth-order valence-electron chi connectivity index (χ4n) is 1.72. The van der Waals surface area contributed by atoms with Gasteiger partial charge in [0, 0.05) is 24.5 Å². The van der Waals surface area contributed by atoms with Crippen molar-refractivity contribution in [1.82, 2.24) is 15.1 Å². The molecule has 0 spiro atoms. The van der Waals surface area contributed by atoms with Gasteiger partial charge in [-0.3, -0.25) is 0 Å². The van der Waals surface area contributed by atoms with Crippen molar-refractivity contribution in [3.8, 4) is 5.69 Å². The number of halogens is 1. The van der Waals surface area contributed by atoms with Gasteiger partial charge in [-0.25, -0.2) is 9.07 Å². The lowest BCUT2D eigenvalue weighted by molar-refractivity contribution is 0.423. The van der Waals surface area contributed by atoms with Crippen molar-refractivity contribution in [3.05, 3.63) is 48.0 Å². The van der Waals surface area contributed by atoms with Crippen LogP contribution in [0.1, 0.15) is 26.3 Å². The fourth-order valence-corrected chi connectivity index (χ4v) is 1.72. The Labute approximate surface area is 107 Å². The number of aromatic nitrogens is 2. The summed E-state index contributed by atoms with van der Waals surface area (Å²) in [5.41, 5.74) is 1.40. The number of para-hydroxylation sites is 1. The summed E-state index contributed by atoms with van der Waals surface area (Å²) in [5.74, 6) is -0.257. The molecule has 3 nitrogen and oxygen atoms in total. The first kappa shape index (κ1) is 12.8. The van der Waals surface area contributed by atoms with Gasteiger partial charge in [0.2, 0.25) is 0 Å². The van der Waals surface area contributed by atoms with E-state index in [4.69, 9.17) is 0 Å². The lowest BCUT2D eigenvalue weighted by atomic mass is 10.1. The Morgan fingerprint density at radius 2 is 2.06 bits per heavy atom. The zero-order chi connectivity index (χ0) is 13.2. The molecule has 0 aliphatic heterocycles. The Balaban J connectivity index is 2.33. The van der Waals surface area contributed by atoms with E-state index in [1.807, 2.05) is 6.07 Å². The average Bonchev–Trinajstić information content (AvgIpc) is 2.78. The molecule has 1 aromatic carbocycles. The molecule has 0 fully saturated rings. The summed E-state index contributed by atoms with van der Waals surface area (Å²) in [6.07, 6.45) is 3.40. The molecular weight excluding hydrogens is 229 g/mol. The van der Waals surface area contributed by atoms with Crippen LogP contribution in [0.5, 0.6) is 0 Å². The number of rotatable bonds is 3. The maximum absolute atomic E-state index is 13.9. The maximum Gasteiger partial charge on any atom is 0.149 e. The van der Waals surface area contributed by atoms with Crippen LogP contribution < -0.4 is 5.32 Å². The molecule has 1 aromatic heterocycles. The average molecular weight is 247 g/mol. The summed E-state index contributed by atoms with van der Waals surface area (Å²) in [5, 5.41) is 7.46. The smallest absolute Gasteiger partial charge is 0.149 e. The molecule has 0 saturated heterocycles. The van der Waals surface area contributed by atoms with Gasteiger partial charge >= 0.3 is 0 Å². The second kappa shape index (κ2) is 4.90. The number of nitrogens with one attached hydrogen (secondary N) is 1. The van der Waals surface area contributed by atoms with Crippen LogP contribution >= 0.6 is 0 Å². The maximum atomic E-state index is 13.9. The molecule has 0 aliphatic rings. The number of benzene rings is 1. The van der Waals surface area contributed by atoms with Crippen LogP contribution in [-0.2, 0) is 6.54 Å². The molecule has 1 heterocycles. The molecule has 18 heavy (non-hydrogen) atoms. The van der Waals surface area contributed by atoms with Gasteiger partial charge in [0.25, 0.3) is 0 Å². The molecule has 0 atom stereocenters. The third kappa shape index (κ3) is 2.96. The van der Waals surface area contributed by atoms with Gasteiger partial charge in [-0.05, 0) is 38.5 Å². The normalized spacial score (nSPS) is 11.8.